The number of hydrogen-bond acceptors (Lipinski definition) is 2. The maximum absolute atomic E-state index is 10.2. The summed E-state index contributed by atoms with van der Waals surface area (Å²) in [6, 6.07) is -0.0880. The first-order valence-electron chi connectivity index (χ1n) is 3.81. The average molecular weight is 159 g/mol. The summed E-state index contributed by atoms with van der Waals surface area (Å²) in [4.78, 5) is 10.2. The molecule has 2 unspecified atom stereocenters. The average Bonchev–Trinajstić information content (AvgIpc) is 2.35. The molecule has 4 nitrogen and oxygen atoms in total. The molecular formula is C7H13NO3. The van der Waals surface area contributed by atoms with Crippen molar-refractivity contribution < 1.29 is 14.6 Å². The van der Waals surface area contributed by atoms with Crippen molar-refractivity contribution in [3.63, 3.8) is 0 Å². The molecule has 1 aliphatic rings. The van der Waals surface area contributed by atoms with E-state index in [-0.39, 0.29) is 12.1 Å². The van der Waals surface area contributed by atoms with Crippen LogP contribution in [0, 0.1) is 0 Å². The highest BCUT2D eigenvalue weighted by Gasteiger charge is 2.23. The van der Waals surface area contributed by atoms with Crippen molar-refractivity contribution in [1.82, 2.24) is 5.32 Å². The van der Waals surface area contributed by atoms with E-state index in [0.717, 1.165) is 19.4 Å². The van der Waals surface area contributed by atoms with Crippen molar-refractivity contribution in [1.29, 1.82) is 0 Å². The minimum absolute atomic E-state index is 0.0751. The van der Waals surface area contributed by atoms with Crippen LogP contribution in [0.15, 0.2) is 0 Å². The summed E-state index contributed by atoms with van der Waals surface area (Å²) in [5.74, 6) is 0. The molecule has 0 aromatic rings. The molecule has 2 atom stereocenters. The minimum Gasteiger partial charge on any atom is -0.465 e. The van der Waals surface area contributed by atoms with Crippen molar-refractivity contribution in [3.8, 4) is 0 Å². The normalized spacial score (nSPS) is 26.5. The van der Waals surface area contributed by atoms with Gasteiger partial charge in [-0.2, -0.15) is 0 Å². The largest absolute Gasteiger partial charge is 0.465 e. The summed E-state index contributed by atoms with van der Waals surface area (Å²) in [5.41, 5.74) is 0. The Morgan fingerprint density at radius 1 is 1.82 bits per heavy atom. The zero-order valence-electron chi connectivity index (χ0n) is 6.54. The second kappa shape index (κ2) is 3.57. The molecule has 4 heteroatoms. The molecule has 2 N–H and O–H groups in total. The predicted octanol–water partition coefficient (Wildman–Crippen LogP) is 0.822. The van der Waals surface area contributed by atoms with Gasteiger partial charge in [0.1, 0.15) is 0 Å². The summed E-state index contributed by atoms with van der Waals surface area (Å²) in [7, 11) is 0. The Morgan fingerprint density at radius 2 is 2.55 bits per heavy atom. The van der Waals surface area contributed by atoms with E-state index < -0.39 is 6.09 Å². The molecule has 1 heterocycles. The lowest BCUT2D eigenvalue weighted by molar-refractivity contribution is 0.0822. The third-order valence-electron chi connectivity index (χ3n) is 1.87. The van der Waals surface area contributed by atoms with Crippen LogP contribution in [0.2, 0.25) is 0 Å². The fraction of sp³-hybridized carbons (Fsp3) is 0.857. The van der Waals surface area contributed by atoms with Gasteiger partial charge in [-0.25, -0.2) is 4.79 Å². The van der Waals surface area contributed by atoms with Crippen molar-refractivity contribution in [2.45, 2.75) is 31.9 Å². The van der Waals surface area contributed by atoms with Crippen molar-refractivity contribution >= 4 is 6.09 Å². The Balaban J connectivity index is 2.28. The van der Waals surface area contributed by atoms with E-state index in [1.54, 1.807) is 0 Å². The van der Waals surface area contributed by atoms with Crippen LogP contribution < -0.4 is 5.32 Å². The first-order valence-corrected chi connectivity index (χ1v) is 3.81. The van der Waals surface area contributed by atoms with Crippen LogP contribution in [0.5, 0.6) is 0 Å². The monoisotopic (exact) mass is 159 g/mol. The van der Waals surface area contributed by atoms with E-state index in [1.807, 2.05) is 6.92 Å². The SMILES string of the molecule is CC(NC(=O)O)C1CCCO1. The van der Waals surface area contributed by atoms with Gasteiger partial charge in [-0.15, -0.1) is 0 Å². The van der Waals surface area contributed by atoms with Gasteiger partial charge in [0.2, 0.25) is 0 Å². The van der Waals surface area contributed by atoms with E-state index in [0.29, 0.717) is 0 Å². The second-order valence-electron chi connectivity index (χ2n) is 2.79. The third kappa shape index (κ3) is 2.38. The molecule has 1 saturated heterocycles. The summed E-state index contributed by atoms with van der Waals surface area (Å²) in [6.07, 6.45) is 1.09. The van der Waals surface area contributed by atoms with Crippen molar-refractivity contribution in [2.24, 2.45) is 0 Å². The highest BCUT2D eigenvalue weighted by molar-refractivity contribution is 5.64. The van der Waals surface area contributed by atoms with Crippen LogP contribution in [0.4, 0.5) is 4.79 Å². The molecule has 1 rings (SSSR count). The Kier molecular flexibility index (Phi) is 2.70. The first kappa shape index (κ1) is 8.33. The van der Waals surface area contributed by atoms with Gasteiger partial charge in [-0.1, -0.05) is 0 Å². The van der Waals surface area contributed by atoms with Gasteiger partial charge in [-0.05, 0) is 19.8 Å². The van der Waals surface area contributed by atoms with Gasteiger partial charge in [0.25, 0.3) is 0 Å². The Hall–Kier alpha value is -0.770. The third-order valence-corrected chi connectivity index (χ3v) is 1.87. The van der Waals surface area contributed by atoms with Gasteiger partial charge >= 0.3 is 6.09 Å². The van der Waals surface area contributed by atoms with Gasteiger partial charge in [-0.3, -0.25) is 0 Å². The predicted molar refractivity (Wildman–Crippen MR) is 39.6 cm³/mol. The summed E-state index contributed by atoms with van der Waals surface area (Å²) < 4.78 is 5.29. The van der Waals surface area contributed by atoms with Gasteiger partial charge in [0, 0.05) is 6.61 Å². The highest BCUT2D eigenvalue weighted by Crippen LogP contribution is 2.14. The number of ether oxygens (including phenoxy) is 1. The van der Waals surface area contributed by atoms with Crippen LogP contribution in [-0.4, -0.2) is 30.0 Å². The van der Waals surface area contributed by atoms with E-state index in [2.05, 4.69) is 5.32 Å². The molecule has 1 aliphatic heterocycles. The quantitative estimate of drug-likeness (QED) is 0.627. The molecule has 11 heavy (non-hydrogen) atoms. The Morgan fingerprint density at radius 3 is 3.00 bits per heavy atom. The second-order valence-corrected chi connectivity index (χ2v) is 2.79. The van der Waals surface area contributed by atoms with Crippen LogP contribution in [0.25, 0.3) is 0 Å². The van der Waals surface area contributed by atoms with E-state index in [4.69, 9.17) is 9.84 Å². The smallest absolute Gasteiger partial charge is 0.404 e. The molecule has 0 aromatic carbocycles. The molecule has 0 saturated carbocycles. The molecule has 64 valence electrons. The molecule has 1 fully saturated rings. The van der Waals surface area contributed by atoms with Crippen molar-refractivity contribution in [2.75, 3.05) is 6.61 Å². The maximum Gasteiger partial charge on any atom is 0.404 e. The molecule has 0 spiro atoms. The fourth-order valence-electron chi connectivity index (χ4n) is 1.28. The number of carboxylic acid groups (broad SMARTS) is 1. The summed E-state index contributed by atoms with van der Waals surface area (Å²) >= 11 is 0. The van der Waals surface area contributed by atoms with Gasteiger partial charge < -0.3 is 15.2 Å². The molecule has 0 radical (unpaired) electrons. The molecule has 0 bridgehead atoms. The Bertz CT molecular complexity index is 143. The van der Waals surface area contributed by atoms with E-state index >= 15 is 0 Å². The first-order chi connectivity index (χ1) is 5.20. The Labute approximate surface area is 65.5 Å². The van der Waals surface area contributed by atoms with Crippen molar-refractivity contribution in [3.05, 3.63) is 0 Å². The molecule has 0 aliphatic carbocycles. The van der Waals surface area contributed by atoms with Crippen LogP contribution in [-0.2, 0) is 4.74 Å². The lowest BCUT2D eigenvalue weighted by atomic mass is 10.1. The minimum atomic E-state index is -0.979. The van der Waals surface area contributed by atoms with Gasteiger partial charge in [0.05, 0.1) is 12.1 Å². The standard InChI is InChI=1S/C7H13NO3/c1-5(8-7(9)10)6-3-2-4-11-6/h5-6,8H,2-4H2,1H3,(H,9,10). The van der Waals surface area contributed by atoms with Crippen LogP contribution >= 0.6 is 0 Å². The number of amides is 1. The highest BCUT2D eigenvalue weighted by atomic mass is 16.5. The zero-order valence-corrected chi connectivity index (χ0v) is 6.54. The lowest BCUT2D eigenvalue weighted by Crippen LogP contribution is -2.39. The fourth-order valence-corrected chi connectivity index (χ4v) is 1.28. The summed E-state index contributed by atoms with van der Waals surface area (Å²) in [6.45, 7) is 2.58. The lowest BCUT2D eigenvalue weighted by Gasteiger charge is -2.17. The summed E-state index contributed by atoms with van der Waals surface area (Å²) in [5, 5.41) is 10.8. The molecule has 0 aromatic heterocycles. The zero-order chi connectivity index (χ0) is 8.27. The van der Waals surface area contributed by atoms with E-state index in [9.17, 15) is 4.79 Å². The molecule has 1 amide bonds. The topological polar surface area (TPSA) is 58.6 Å². The van der Waals surface area contributed by atoms with Crippen LogP contribution in [0.1, 0.15) is 19.8 Å². The maximum atomic E-state index is 10.2. The van der Waals surface area contributed by atoms with Crippen LogP contribution in [0.3, 0.4) is 0 Å². The number of nitrogens with one attached hydrogen (secondary N) is 1. The number of carbonyl (C=O) groups is 1. The van der Waals surface area contributed by atoms with E-state index in [1.165, 1.54) is 0 Å². The molecular weight excluding hydrogens is 146 g/mol. The van der Waals surface area contributed by atoms with Gasteiger partial charge in [0.15, 0.2) is 0 Å². The number of hydrogen-bond donors (Lipinski definition) is 2. The number of rotatable bonds is 2.